The predicted molar refractivity (Wildman–Crippen MR) is 180 cm³/mol. The van der Waals surface area contributed by atoms with Crippen LogP contribution < -0.4 is 20.1 Å². The number of carbonyl (C=O) groups is 2. The van der Waals surface area contributed by atoms with Gasteiger partial charge < -0.3 is 20.1 Å². The van der Waals surface area contributed by atoms with Gasteiger partial charge in [0.05, 0.1) is 16.7 Å². The van der Waals surface area contributed by atoms with E-state index in [2.05, 4.69) is 55.8 Å². The standard InChI is InChI=1S/C33H28I2N2O4/c1-21(19-36-32(38)26-15-13-22-7-2-4-9-24(22)17-26)40-28-11-6-12-29(31(28)35)41-30(34)20-37-33(39)27-16-14-23-8-3-5-10-25(23)18-27/h2-18,21,30H,19-20H2,1H3,(H,36,38)(H,37,39)/t21-,30+/m0/s1. The molecule has 0 heterocycles. The third kappa shape index (κ3) is 7.48. The van der Waals surface area contributed by atoms with Crippen molar-refractivity contribution in [3.8, 4) is 11.5 Å². The highest BCUT2D eigenvalue weighted by molar-refractivity contribution is 14.1. The Morgan fingerprint density at radius 1 is 0.659 bits per heavy atom. The van der Waals surface area contributed by atoms with E-state index in [1.165, 1.54) is 0 Å². The highest BCUT2D eigenvalue weighted by Gasteiger charge is 2.16. The lowest BCUT2D eigenvalue weighted by Gasteiger charge is -2.20. The number of amides is 2. The second-order valence-electron chi connectivity index (χ2n) is 9.57. The Balaban J connectivity index is 1.13. The molecular weight excluding hydrogens is 742 g/mol. The molecule has 2 atom stereocenters. The molecule has 0 aliphatic rings. The van der Waals surface area contributed by atoms with Crippen molar-refractivity contribution in [2.24, 2.45) is 0 Å². The third-order valence-electron chi connectivity index (χ3n) is 6.51. The van der Waals surface area contributed by atoms with Crippen LogP contribution in [0.5, 0.6) is 11.5 Å². The van der Waals surface area contributed by atoms with E-state index in [4.69, 9.17) is 9.47 Å². The molecule has 5 aromatic rings. The van der Waals surface area contributed by atoms with E-state index in [1.807, 2.05) is 110 Å². The molecule has 5 rings (SSSR count). The number of rotatable bonds is 10. The zero-order valence-corrected chi connectivity index (χ0v) is 26.6. The van der Waals surface area contributed by atoms with Gasteiger partial charge in [0.25, 0.3) is 11.8 Å². The predicted octanol–water partition coefficient (Wildman–Crippen LogP) is 7.36. The summed E-state index contributed by atoms with van der Waals surface area (Å²) in [7, 11) is 0. The van der Waals surface area contributed by atoms with Crippen LogP contribution in [0.2, 0.25) is 0 Å². The van der Waals surface area contributed by atoms with Crippen LogP contribution >= 0.6 is 45.2 Å². The first-order valence-corrected chi connectivity index (χ1v) is 15.5. The van der Waals surface area contributed by atoms with Gasteiger partial charge in [-0.25, -0.2) is 0 Å². The smallest absolute Gasteiger partial charge is 0.251 e. The summed E-state index contributed by atoms with van der Waals surface area (Å²) >= 11 is 4.37. The van der Waals surface area contributed by atoms with Gasteiger partial charge in [-0.05, 0) is 110 Å². The van der Waals surface area contributed by atoms with Gasteiger partial charge in [0.15, 0.2) is 4.11 Å². The number of nitrogens with one attached hydrogen (secondary N) is 2. The average molecular weight is 770 g/mol. The summed E-state index contributed by atoms with van der Waals surface area (Å²) in [5.74, 6) is 1.04. The van der Waals surface area contributed by atoms with Crippen molar-refractivity contribution in [2.75, 3.05) is 13.1 Å². The maximum absolute atomic E-state index is 12.7. The van der Waals surface area contributed by atoms with E-state index in [0.29, 0.717) is 35.7 Å². The maximum Gasteiger partial charge on any atom is 0.251 e. The monoisotopic (exact) mass is 770 g/mol. The van der Waals surface area contributed by atoms with Gasteiger partial charge in [0, 0.05) is 11.1 Å². The second kappa shape index (κ2) is 13.5. The molecule has 0 aliphatic carbocycles. The van der Waals surface area contributed by atoms with Gasteiger partial charge >= 0.3 is 0 Å². The fourth-order valence-corrected chi connectivity index (χ4v) is 5.49. The number of alkyl halides is 1. The van der Waals surface area contributed by atoms with Crippen molar-refractivity contribution in [3.05, 3.63) is 118 Å². The Labute approximate surface area is 266 Å². The van der Waals surface area contributed by atoms with Gasteiger partial charge in [-0.1, -0.05) is 66.7 Å². The number of hydrogen-bond acceptors (Lipinski definition) is 4. The molecule has 0 aliphatic heterocycles. The van der Waals surface area contributed by atoms with E-state index in [-0.39, 0.29) is 22.0 Å². The molecule has 0 bridgehead atoms. The Bertz CT molecular complexity index is 1590. The second-order valence-corrected chi connectivity index (χ2v) is 12.0. The molecule has 2 N–H and O–H groups in total. The molecule has 0 aromatic heterocycles. The summed E-state index contributed by atoms with van der Waals surface area (Å²) in [5.41, 5.74) is 1.22. The van der Waals surface area contributed by atoms with E-state index < -0.39 is 0 Å². The average Bonchev–Trinajstić information content (AvgIpc) is 3.00. The van der Waals surface area contributed by atoms with Crippen LogP contribution in [-0.4, -0.2) is 35.1 Å². The van der Waals surface area contributed by atoms with Crippen molar-refractivity contribution in [1.29, 1.82) is 0 Å². The summed E-state index contributed by atoms with van der Waals surface area (Å²) in [6, 6.07) is 32.9. The van der Waals surface area contributed by atoms with Gasteiger partial charge in [-0.3, -0.25) is 9.59 Å². The third-order valence-corrected chi connectivity index (χ3v) is 8.27. The number of carbonyl (C=O) groups excluding carboxylic acids is 2. The summed E-state index contributed by atoms with van der Waals surface area (Å²) in [4.78, 5) is 25.5. The van der Waals surface area contributed by atoms with Crippen molar-refractivity contribution >= 4 is 78.5 Å². The van der Waals surface area contributed by atoms with Gasteiger partial charge in [-0.2, -0.15) is 0 Å². The summed E-state index contributed by atoms with van der Waals surface area (Å²) < 4.78 is 12.8. The van der Waals surface area contributed by atoms with Crippen LogP contribution in [0.25, 0.3) is 21.5 Å². The zero-order valence-electron chi connectivity index (χ0n) is 22.3. The fraction of sp³-hybridized carbons (Fsp3) is 0.152. The molecule has 2 amide bonds. The zero-order chi connectivity index (χ0) is 28.8. The van der Waals surface area contributed by atoms with Crippen LogP contribution in [0.4, 0.5) is 0 Å². The minimum Gasteiger partial charge on any atom is -0.488 e. The normalized spacial score (nSPS) is 12.5. The highest BCUT2D eigenvalue weighted by Crippen LogP contribution is 2.32. The lowest BCUT2D eigenvalue weighted by Crippen LogP contribution is -2.33. The van der Waals surface area contributed by atoms with E-state index in [1.54, 1.807) is 0 Å². The largest absolute Gasteiger partial charge is 0.488 e. The van der Waals surface area contributed by atoms with Crippen LogP contribution in [0.15, 0.2) is 103 Å². The van der Waals surface area contributed by atoms with Crippen LogP contribution in [0.3, 0.4) is 0 Å². The molecule has 41 heavy (non-hydrogen) atoms. The number of ether oxygens (including phenoxy) is 2. The first kappa shape index (κ1) is 29.1. The van der Waals surface area contributed by atoms with Crippen molar-refractivity contribution in [1.82, 2.24) is 10.6 Å². The SMILES string of the molecule is C[C@@H](CNC(=O)c1ccc2ccccc2c1)Oc1cccc(O[C@@H](I)CNC(=O)c2ccc3ccccc3c2)c1I. The molecule has 0 fully saturated rings. The number of benzene rings is 5. The van der Waals surface area contributed by atoms with Gasteiger partial charge in [-0.15, -0.1) is 0 Å². The molecule has 208 valence electrons. The molecule has 8 heteroatoms. The van der Waals surface area contributed by atoms with E-state index in [0.717, 1.165) is 25.1 Å². The van der Waals surface area contributed by atoms with E-state index >= 15 is 0 Å². The number of fused-ring (bicyclic) bond motifs is 2. The molecule has 0 saturated heterocycles. The lowest BCUT2D eigenvalue weighted by atomic mass is 10.1. The molecule has 6 nitrogen and oxygen atoms in total. The minimum absolute atomic E-state index is 0.142. The number of hydrogen-bond donors (Lipinski definition) is 2. The van der Waals surface area contributed by atoms with Crippen LogP contribution in [0.1, 0.15) is 27.6 Å². The first-order valence-electron chi connectivity index (χ1n) is 13.2. The maximum atomic E-state index is 12.7. The Kier molecular flexibility index (Phi) is 9.60. The molecule has 0 radical (unpaired) electrons. The summed E-state index contributed by atoms with van der Waals surface area (Å²) in [6.45, 7) is 2.60. The Hall–Kier alpha value is -3.38. The molecular formula is C33H28I2N2O4. The molecule has 0 spiro atoms. The molecule has 0 saturated carbocycles. The highest BCUT2D eigenvalue weighted by atomic mass is 127. The van der Waals surface area contributed by atoms with Crippen molar-refractivity contribution < 1.29 is 19.1 Å². The van der Waals surface area contributed by atoms with Crippen molar-refractivity contribution in [2.45, 2.75) is 17.1 Å². The lowest BCUT2D eigenvalue weighted by molar-refractivity contribution is 0.0929. The fourth-order valence-electron chi connectivity index (χ4n) is 4.39. The molecule has 5 aromatic carbocycles. The molecule has 0 unspecified atom stereocenters. The van der Waals surface area contributed by atoms with Crippen LogP contribution in [0, 0.1) is 3.57 Å². The Morgan fingerprint density at radius 2 is 1.15 bits per heavy atom. The quantitative estimate of drug-likeness (QED) is 0.115. The first-order chi connectivity index (χ1) is 19.9. The van der Waals surface area contributed by atoms with Gasteiger partial charge in [0.1, 0.15) is 17.6 Å². The minimum atomic E-state index is -0.292. The summed E-state index contributed by atoms with van der Waals surface area (Å²) in [5, 5.41) is 10.2. The topological polar surface area (TPSA) is 76.7 Å². The van der Waals surface area contributed by atoms with Crippen molar-refractivity contribution in [3.63, 3.8) is 0 Å². The Morgan fingerprint density at radius 3 is 1.71 bits per heavy atom. The van der Waals surface area contributed by atoms with Crippen LogP contribution in [-0.2, 0) is 0 Å². The van der Waals surface area contributed by atoms with E-state index in [9.17, 15) is 9.59 Å². The summed E-state index contributed by atoms with van der Waals surface area (Å²) in [6.07, 6.45) is -0.264. The van der Waals surface area contributed by atoms with Gasteiger partial charge in [0.2, 0.25) is 0 Å². The number of halogens is 2.